The molecule has 2 rings (SSSR count). The maximum absolute atomic E-state index is 6.50. The zero-order valence-electron chi connectivity index (χ0n) is 12.9. The van der Waals surface area contributed by atoms with E-state index in [4.69, 9.17) is 5.73 Å². The van der Waals surface area contributed by atoms with Crippen LogP contribution in [0.4, 0.5) is 0 Å². The van der Waals surface area contributed by atoms with Gasteiger partial charge in [-0.05, 0) is 54.8 Å². The van der Waals surface area contributed by atoms with Crippen molar-refractivity contribution in [3.8, 4) is 0 Å². The second-order valence-corrected chi connectivity index (χ2v) is 7.98. The van der Waals surface area contributed by atoms with Crippen molar-refractivity contribution in [3.63, 3.8) is 0 Å². The minimum absolute atomic E-state index is 0.445. The number of hydrogen-bond donors (Lipinski definition) is 1. The third kappa shape index (κ3) is 2.92. The quantitative estimate of drug-likeness (QED) is 0.762. The van der Waals surface area contributed by atoms with Gasteiger partial charge in [-0.25, -0.2) is 0 Å². The van der Waals surface area contributed by atoms with Crippen molar-refractivity contribution in [2.24, 2.45) is 34.8 Å². The molecule has 5 unspecified atom stereocenters. The van der Waals surface area contributed by atoms with Crippen LogP contribution in [0, 0.1) is 29.1 Å². The molecule has 18 heavy (non-hydrogen) atoms. The molecular formula is C17H33N. The van der Waals surface area contributed by atoms with Crippen molar-refractivity contribution >= 4 is 0 Å². The highest BCUT2D eigenvalue weighted by molar-refractivity contribution is 4.94. The summed E-state index contributed by atoms with van der Waals surface area (Å²) in [5.41, 5.74) is 6.95. The van der Waals surface area contributed by atoms with E-state index >= 15 is 0 Å². The van der Waals surface area contributed by atoms with E-state index in [2.05, 4.69) is 27.7 Å². The van der Waals surface area contributed by atoms with E-state index in [0.29, 0.717) is 11.5 Å². The molecule has 2 saturated carbocycles. The van der Waals surface area contributed by atoms with Crippen LogP contribution in [-0.2, 0) is 0 Å². The highest BCUT2D eigenvalue weighted by Crippen LogP contribution is 2.49. The third-order valence-corrected chi connectivity index (χ3v) is 6.11. The third-order valence-electron chi connectivity index (χ3n) is 6.11. The summed E-state index contributed by atoms with van der Waals surface area (Å²) >= 11 is 0. The van der Waals surface area contributed by atoms with E-state index in [1.807, 2.05) is 0 Å². The van der Waals surface area contributed by atoms with Crippen LogP contribution < -0.4 is 5.73 Å². The van der Waals surface area contributed by atoms with Crippen molar-refractivity contribution in [2.45, 2.75) is 78.7 Å². The Kier molecular flexibility index (Phi) is 4.41. The first kappa shape index (κ1) is 14.4. The summed E-state index contributed by atoms with van der Waals surface area (Å²) in [5.74, 6) is 3.44. The van der Waals surface area contributed by atoms with Crippen LogP contribution in [0.15, 0.2) is 0 Å². The molecule has 0 saturated heterocycles. The first-order chi connectivity index (χ1) is 8.41. The molecule has 5 atom stereocenters. The molecule has 2 N–H and O–H groups in total. The lowest BCUT2D eigenvalue weighted by Gasteiger charge is -2.49. The molecule has 2 aliphatic carbocycles. The summed E-state index contributed by atoms with van der Waals surface area (Å²) in [6.45, 7) is 9.82. The topological polar surface area (TPSA) is 26.0 Å². The van der Waals surface area contributed by atoms with Crippen LogP contribution in [0.2, 0.25) is 0 Å². The van der Waals surface area contributed by atoms with Crippen LogP contribution in [0.1, 0.15) is 72.6 Å². The normalized spacial score (nSPS) is 42.8. The second-order valence-electron chi connectivity index (χ2n) is 7.98. The van der Waals surface area contributed by atoms with E-state index in [9.17, 15) is 0 Å². The average molecular weight is 251 g/mol. The van der Waals surface area contributed by atoms with Gasteiger partial charge in [0.15, 0.2) is 0 Å². The zero-order valence-corrected chi connectivity index (χ0v) is 12.9. The van der Waals surface area contributed by atoms with Gasteiger partial charge in [-0.15, -0.1) is 0 Å². The molecule has 0 aromatic rings. The highest BCUT2D eigenvalue weighted by Gasteiger charge is 2.42. The Morgan fingerprint density at radius 3 is 2.17 bits per heavy atom. The van der Waals surface area contributed by atoms with Gasteiger partial charge in [-0.1, -0.05) is 47.0 Å². The molecule has 0 aliphatic heterocycles. The summed E-state index contributed by atoms with van der Waals surface area (Å²) in [7, 11) is 0. The molecule has 0 aromatic heterocycles. The smallest absolute Gasteiger partial charge is 0.00749 e. The van der Waals surface area contributed by atoms with Crippen LogP contribution in [0.25, 0.3) is 0 Å². The van der Waals surface area contributed by atoms with Gasteiger partial charge in [0, 0.05) is 6.04 Å². The Morgan fingerprint density at radius 2 is 1.56 bits per heavy atom. The molecule has 0 spiro atoms. The van der Waals surface area contributed by atoms with Crippen LogP contribution in [0.3, 0.4) is 0 Å². The first-order valence-electron chi connectivity index (χ1n) is 8.16. The lowest BCUT2D eigenvalue weighted by molar-refractivity contribution is 0.0262. The largest absolute Gasteiger partial charge is 0.327 e. The monoisotopic (exact) mass is 251 g/mol. The van der Waals surface area contributed by atoms with E-state index < -0.39 is 0 Å². The SMILES string of the molecule is CC1CCC(C(C)(C)C2CCCC(C)C2)C(N)C1. The molecule has 0 aromatic carbocycles. The van der Waals surface area contributed by atoms with Gasteiger partial charge in [0.05, 0.1) is 0 Å². The maximum Gasteiger partial charge on any atom is 0.00749 e. The predicted molar refractivity (Wildman–Crippen MR) is 79.4 cm³/mol. The summed E-state index contributed by atoms with van der Waals surface area (Å²) in [6, 6.07) is 0.445. The lowest BCUT2D eigenvalue weighted by Crippen LogP contribution is -2.47. The van der Waals surface area contributed by atoms with Gasteiger partial charge in [-0.2, -0.15) is 0 Å². The van der Waals surface area contributed by atoms with Crippen LogP contribution >= 0.6 is 0 Å². The Balaban J connectivity index is 2.04. The number of hydrogen-bond acceptors (Lipinski definition) is 1. The fraction of sp³-hybridized carbons (Fsp3) is 1.00. The van der Waals surface area contributed by atoms with E-state index in [1.54, 1.807) is 0 Å². The van der Waals surface area contributed by atoms with Gasteiger partial charge in [-0.3, -0.25) is 0 Å². The van der Waals surface area contributed by atoms with Gasteiger partial charge in [0.1, 0.15) is 0 Å². The average Bonchev–Trinajstić information content (AvgIpc) is 2.28. The molecule has 0 amide bonds. The van der Waals surface area contributed by atoms with E-state index in [1.165, 1.54) is 44.9 Å². The van der Waals surface area contributed by atoms with Gasteiger partial charge in [0.2, 0.25) is 0 Å². The highest BCUT2D eigenvalue weighted by atomic mass is 14.7. The van der Waals surface area contributed by atoms with Crippen LogP contribution in [0.5, 0.6) is 0 Å². The summed E-state index contributed by atoms with van der Waals surface area (Å²) in [6.07, 6.45) is 9.76. The fourth-order valence-corrected chi connectivity index (χ4v) is 4.76. The molecule has 0 bridgehead atoms. The van der Waals surface area contributed by atoms with Crippen molar-refractivity contribution in [3.05, 3.63) is 0 Å². The first-order valence-corrected chi connectivity index (χ1v) is 8.16. The molecular weight excluding hydrogens is 218 g/mol. The Labute approximate surface area is 114 Å². The molecule has 1 nitrogen and oxygen atoms in total. The van der Waals surface area contributed by atoms with E-state index in [-0.39, 0.29) is 0 Å². The summed E-state index contributed by atoms with van der Waals surface area (Å²) in [5, 5.41) is 0. The predicted octanol–water partition coefficient (Wildman–Crippen LogP) is 4.60. The second kappa shape index (κ2) is 5.53. The van der Waals surface area contributed by atoms with Crippen LogP contribution in [-0.4, -0.2) is 6.04 Å². The zero-order chi connectivity index (χ0) is 13.3. The standard InChI is InChI=1S/C17H33N/c1-12-6-5-7-14(10-12)17(3,4)15-9-8-13(2)11-16(15)18/h12-16H,5-11,18H2,1-4H3. The van der Waals surface area contributed by atoms with Gasteiger partial charge in [0.25, 0.3) is 0 Å². The Morgan fingerprint density at radius 1 is 0.889 bits per heavy atom. The molecule has 2 fully saturated rings. The van der Waals surface area contributed by atoms with Gasteiger partial charge < -0.3 is 5.73 Å². The van der Waals surface area contributed by atoms with Gasteiger partial charge >= 0.3 is 0 Å². The fourth-order valence-electron chi connectivity index (χ4n) is 4.76. The molecule has 0 radical (unpaired) electrons. The van der Waals surface area contributed by atoms with Crippen molar-refractivity contribution in [1.82, 2.24) is 0 Å². The number of rotatable bonds is 2. The minimum Gasteiger partial charge on any atom is -0.327 e. The minimum atomic E-state index is 0.445. The summed E-state index contributed by atoms with van der Waals surface area (Å²) < 4.78 is 0. The Bertz CT molecular complexity index is 271. The molecule has 106 valence electrons. The number of nitrogens with two attached hydrogens (primary N) is 1. The molecule has 0 heterocycles. The lowest BCUT2D eigenvalue weighted by atomic mass is 9.58. The molecule has 2 aliphatic rings. The van der Waals surface area contributed by atoms with Crippen molar-refractivity contribution in [2.75, 3.05) is 0 Å². The van der Waals surface area contributed by atoms with Crippen molar-refractivity contribution < 1.29 is 0 Å². The summed E-state index contributed by atoms with van der Waals surface area (Å²) in [4.78, 5) is 0. The Hall–Kier alpha value is -0.0400. The maximum atomic E-state index is 6.50. The molecule has 1 heteroatoms. The van der Waals surface area contributed by atoms with Crippen molar-refractivity contribution in [1.29, 1.82) is 0 Å². The van der Waals surface area contributed by atoms with E-state index in [0.717, 1.165) is 23.7 Å².